The van der Waals surface area contributed by atoms with Crippen LogP contribution in [0.25, 0.3) is 0 Å². The van der Waals surface area contributed by atoms with Gasteiger partial charge in [0.1, 0.15) is 0 Å². The van der Waals surface area contributed by atoms with E-state index in [0.29, 0.717) is 11.1 Å². The second-order valence-corrected chi connectivity index (χ2v) is 3.24. The standard InChI is InChI=1S/C11H12O3/c1-7(11(13)14)9-4-3-5-10(6-9)8(2)12/h3-7H,1-2H3,(H,13,14)/t7-/m0/s1. The average Bonchev–Trinajstić information content (AvgIpc) is 2.16. The van der Waals surface area contributed by atoms with Gasteiger partial charge in [0, 0.05) is 5.56 Å². The fourth-order valence-electron chi connectivity index (χ4n) is 1.17. The highest BCUT2D eigenvalue weighted by Gasteiger charge is 2.14. The third-order valence-corrected chi connectivity index (χ3v) is 2.16. The van der Waals surface area contributed by atoms with Crippen molar-refractivity contribution < 1.29 is 14.7 Å². The molecule has 0 aliphatic heterocycles. The van der Waals surface area contributed by atoms with Gasteiger partial charge < -0.3 is 5.11 Å². The zero-order valence-corrected chi connectivity index (χ0v) is 8.15. The van der Waals surface area contributed by atoms with Crippen LogP contribution in [0, 0.1) is 0 Å². The lowest BCUT2D eigenvalue weighted by molar-refractivity contribution is -0.138. The maximum absolute atomic E-state index is 11.0. The van der Waals surface area contributed by atoms with Crippen LogP contribution in [0.15, 0.2) is 24.3 Å². The Labute approximate surface area is 82.4 Å². The van der Waals surface area contributed by atoms with E-state index in [0.717, 1.165) is 0 Å². The number of Topliss-reactive ketones (excluding diaryl/α,β-unsaturated/α-hetero) is 1. The Hall–Kier alpha value is -1.64. The molecule has 0 fully saturated rings. The molecule has 1 N–H and O–H groups in total. The number of hydrogen-bond acceptors (Lipinski definition) is 2. The fraction of sp³-hybridized carbons (Fsp3) is 0.273. The maximum atomic E-state index is 11.0. The van der Waals surface area contributed by atoms with E-state index in [9.17, 15) is 9.59 Å². The minimum absolute atomic E-state index is 0.0514. The Kier molecular flexibility index (Phi) is 3.02. The number of aliphatic carboxylic acids is 1. The molecule has 0 saturated heterocycles. The highest BCUT2D eigenvalue weighted by molar-refractivity contribution is 5.94. The lowest BCUT2D eigenvalue weighted by atomic mass is 9.98. The molecule has 0 aliphatic carbocycles. The number of ketones is 1. The van der Waals surface area contributed by atoms with Crippen molar-refractivity contribution in [3.8, 4) is 0 Å². The third kappa shape index (κ3) is 2.19. The molecule has 0 aliphatic rings. The Morgan fingerprint density at radius 2 is 2.00 bits per heavy atom. The average molecular weight is 192 g/mol. The molecule has 0 aromatic heterocycles. The summed E-state index contributed by atoms with van der Waals surface area (Å²) in [4.78, 5) is 21.7. The normalized spacial score (nSPS) is 12.1. The second kappa shape index (κ2) is 4.05. The van der Waals surface area contributed by atoms with E-state index in [1.807, 2.05) is 0 Å². The van der Waals surface area contributed by atoms with Gasteiger partial charge >= 0.3 is 5.97 Å². The summed E-state index contributed by atoms with van der Waals surface area (Å²) in [5.41, 5.74) is 1.21. The van der Waals surface area contributed by atoms with Crippen LogP contribution in [0.3, 0.4) is 0 Å². The van der Waals surface area contributed by atoms with E-state index in [2.05, 4.69) is 0 Å². The molecule has 0 spiro atoms. The van der Waals surface area contributed by atoms with Crippen molar-refractivity contribution >= 4 is 11.8 Å². The molecule has 0 saturated carbocycles. The molecule has 1 aromatic rings. The first-order valence-corrected chi connectivity index (χ1v) is 4.36. The van der Waals surface area contributed by atoms with Gasteiger partial charge in [-0.15, -0.1) is 0 Å². The highest BCUT2D eigenvalue weighted by Crippen LogP contribution is 2.16. The van der Waals surface area contributed by atoms with Crippen LogP contribution >= 0.6 is 0 Å². The predicted octanol–water partition coefficient (Wildman–Crippen LogP) is 2.08. The zero-order chi connectivity index (χ0) is 10.7. The first-order chi connectivity index (χ1) is 6.52. The van der Waals surface area contributed by atoms with Gasteiger partial charge in [0.05, 0.1) is 5.92 Å². The van der Waals surface area contributed by atoms with E-state index in [4.69, 9.17) is 5.11 Å². The summed E-state index contributed by atoms with van der Waals surface area (Å²) in [6.45, 7) is 3.06. The van der Waals surface area contributed by atoms with Crippen molar-refractivity contribution in [3.05, 3.63) is 35.4 Å². The van der Waals surface area contributed by atoms with Gasteiger partial charge in [0.25, 0.3) is 0 Å². The van der Waals surface area contributed by atoms with Crippen LogP contribution < -0.4 is 0 Å². The number of rotatable bonds is 3. The summed E-state index contributed by atoms with van der Waals surface area (Å²) in [7, 11) is 0. The summed E-state index contributed by atoms with van der Waals surface area (Å²) >= 11 is 0. The van der Waals surface area contributed by atoms with Crippen LogP contribution in [-0.4, -0.2) is 16.9 Å². The molecular weight excluding hydrogens is 180 g/mol. The summed E-state index contributed by atoms with van der Waals surface area (Å²) in [5, 5.41) is 8.78. The van der Waals surface area contributed by atoms with Crippen molar-refractivity contribution in [3.63, 3.8) is 0 Å². The van der Waals surface area contributed by atoms with E-state index in [-0.39, 0.29) is 5.78 Å². The summed E-state index contributed by atoms with van der Waals surface area (Å²) in [5.74, 6) is -1.51. The number of hydrogen-bond donors (Lipinski definition) is 1. The monoisotopic (exact) mass is 192 g/mol. The zero-order valence-electron chi connectivity index (χ0n) is 8.15. The Morgan fingerprint density at radius 1 is 1.36 bits per heavy atom. The molecule has 0 bridgehead atoms. The summed E-state index contributed by atoms with van der Waals surface area (Å²) in [6, 6.07) is 6.72. The number of carboxylic acids is 1. The number of carbonyl (C=O) groups is 2. The molecule has 74 valence electrons. The first kappa shape index (κ1) is 10.4. The SMILES string of the molecule is CC(=O)c1cccc([C@H](C)C(=O)O)c1. The predicted molar refractivity (Wildman–Crippen MR) is 52.5 cm³/mol. The van der Waals surface area contributed by atoms with E-state index in [1.165, 1.54) is 6.92 Å². The lowest BCUT2D eigenvalue weighted by Gasteiger charge is -2.07. The Bertz CT molecular complexity index is 369. The third-order valence-electron chi connectivity index (χ3n) is 2.16. The van der Waals surface area contributed by atoms with Gasteiger partial charge in [-0.2, -0.15) is 0 Å². The molecule has 0 heterocycles. The molecule has 3 heteroatoms. The highest BCUT2D eigenvalue weighted by atomic mass is 16.4. The molecule has 1 rings (SSSR count). The molecular formula is C11H12O3. The van der Waals surface area contributed by atoms with Crippen LogP contribution in [0.5, 0.6) is 0 Å². The van der Waals surface area contributed by atoms with Gasteiger partial charge in [0.2, 0.25) is 0 Å². The molecule has 14 heavy (non-hydrogen) atoms. The van der Waals surface area contributed by atoms with Crippen LogP contribution in [-0.2, 0) is 4.79 Å². The molecule has 1 atom stereocenters. The molecule has 1 aromatic carbocycles. The van der Waals surface area contributed by atoms with Crippen molar-refractivity contribution in [2.75, 3.05) is 0 Å². The van der Waals surface area contributed by atoms with E-state index < -0.39 is 11.9 Å². The Balaban J connectivity index is 3.05. The van der Waals surface area contributed by atoms with Crippen molar-refractivity contribution in [1.29, 1.82) is 0 Å². The molecule has 0 radical (unpaired) electrons. The topological polar surface area (TPSA) is 54.4 Å². The fourth-order valence-corrected chi connectivity index (χ4v) is 1.17. The lowest BCUT2D eigenvalue weighted by Crippen LogP contribution is -2.08. The van der Waals surface area contributed by atoms with E-state index >= 15 is 0 Å². The number of benzene rings is 1. The van der Waals surface area contributed by atoms with Gasteiger partial charge in [0.15, 0.2) is 5.78 Å². The molecule has 0 amide bonds. The first-order valence-electron chi connectivity index (χ1n) is 4.36. The van der Waals surface area contributed by atoms with Gasteiger partial charge in [-0.25, -0.2) is 0 Å². The minimum Gasteiger partial charge on any atom is -0.481 e. The quantitative estimate of drug-likeness (QED) is 0.746. The maximum Gasteiger partial charge on any atom is 0.310 e. The van der Waals surface area contributed by atoms with Gasteiger partial charge in [-0.05, 0) is 25.5 Å². The van der Waals surface area contributed by atoms with Crippen molar-refractivity contribution in [2.24, 2.45) is 0 Å². The molecule has 0 unspecified atom stereocenters. The van der Waals surface area contributed by atoms with Crippen LogP contribution in [0.4, 0.5) is 0 Å². The largest absolute Gasteiger partial charge is 0.481 e. The molecule has 3 nitrogen and oxygen atoms in total. The second-order valence-electron chi connectivity index (χ2n) is 3.24. The number of carbonyl (C=O) groups excluding carboxylic acids is 1. The van der Waals surface area contributed by atoms with Crippen LogP contribution in [0.1, 0.15) is 35.7 Å². The van der Waals surface area contributed by atoms with Crippen LogP contribution in [0.2, 0.25) is 0 Å². The Morgan fingerprint density at radius 3 is 2.50 bits per heavy atom. The van der Waals surface area contributed by atoms with Crippen molar-refractivity contribution in [2.45, 2.75) is 19.8 Å². The van der Waals surface area contributed by atoms with Gasteiger partial charge in [-0.3, -0.25) is 9.59 Å². The van der Waals surface area contributed by atoms with E-state index in [1.54, 1.807) is 31.2 Å². The van der Waals surface area contributed by atoms with Gasteiger partial charge in [-0.1, -0.05) is 18.2 Å². The summed E-state index contributed by atoms with van der Waals surface area (Å²) < 4.78 is 0. The minimum atomic E-state index is -0.884. The summed E-state index contributed by atoms with van der Waals surface area (Å²) in [6.07, 6.45) is 0. The smallest absolute Gasteiger partial charge is 0.310 e. The number of carboxylic acid groups (broad SMARTS) is 1. The van der Waals surface area contributed by atoms with Crippen molar-refractivity contribution in [1.82, 2.24) is 0 Å².